The topological polar surface area (TPSA) is 9.72 Å². The third kappa shape index (κ3) is 3.83. The molecule has 12 rings (SSSR count). The highest BCUT2D eigenvalue weighted by atomic mass is 28.3. The summed E-state index contributed by atoms with van der Waals surface area (Å²) in [6.07, 6.45) is 0. The second-order valence-corrected chi connectivity index (χ2v) is 18.5. The summed E-state index contributed by atoms with van der Waals surface area (Å²) in [5.41, 5.74) is 11.2. The molecule has 3 heterocycles. The number of nitrogens with zero attached hydrogens (tertiary/aromatic N) is 3. The van der Waals surface area contributed by atoms with Gasteiger partial charge in [-0.05, 0) is 121 Å². The van der Waals surface area contributed by atoms with Gasteiger partial charge in [0.25, 0.3) is 0 Å². The molecule has 4 heteroatoms. The molecule has 3 aliphatic rings. The Balaban J connectivity index is 1.21. The summed E-state index contributed by atoms with van der Waals surface area (Å²) in [5.74, 6) is 0. The highest BCUT2D eigenvalue weighted by molar-refractivity contribution is 7.16. The van der Waals surface area contributed by atoms with Gasteiger partial charge < -0.3 is 14.7 Å². The van der Waals surface area contributed by atoms with Crippen molar-refractivity contribution in [3.05, 3.63) is 182 Å². The molecule has 9 aromatic carbocycles. The smallest absolute Gasteiger partial charge is 0.161 e. The van der Waals surface area contributed by atoms with Crippen molar-refractivity contribution >= 4 is 107 Å². The molecule has 0 amide bonds. The van der Waals surface area contributed by atoms with Crippen molar-refractivity contribution in [2.24, 2.45) is 0 Å². The van der Waals surface area contributed by atoms with Gasteiger partial charge in [-0.2, -0.15) is 0 Å². The maximum absolute atomic E-state index is 2.62. The van der Waals surface area contributed by atoms with Crippen LogP contribution in [0, 0.1) is 0 Å². The first-order valence-electron chi connectivity index (χ1n) is 18.4. The quantitative estimate of drug-likeness (QED) is 0.171. The van der Waals surface area contributed by atoms with E-state index in [0.29, 0.717) is 0 Å². The third-order valence-electron chi connectivity index (χ3n) is 12.0. The van der Waals surface area contributed by atoms with Gasteiger partial charge in [0, 0.05) is 51.2 Å². The summed E-state index contributed by atoms with van der Waals surface area (Å²) in [7, 11) is -2.62. The first kappa shape index (κ1) is 29.0. The third-order valence-corrected chi connectivity index (χ3v) is 16.5. The van der Waals surface area contributed by atoms with Crippen molar-refractivity contribution in [2.75, 3.05) is 14.7 Å². The lowest BCUT2D eigenvalue weighted by atomic mass is 10.0. The number of rotatable bonds is 3. The van der Waals surface area contributed by atoms with Crippen LogP contribution < -0.4 is 30.3 Å². The zero-order chi connectivity index (χ0) is 34.8. The van der Waals surface area contributed by atoms with Crippen molar-refractivity contribution in [1.82, 2.24) is 0 Å². The van der Waals surface area contributed by atoms with Crippen molar-refractivity contribution in [1.29, 1.82) is 0 Å². The summed E-state index contributed by atoms with van der Waals surface area (Å²) in [6.45, 7) is 2.62. The normalized spacial score (nSPS) is 14.5. The molecule has 0 saturated heterocycles. The Morgan fingerprint density at radius 2 is 0.547 bits per heavy atom. The summed E-state index contributed by atoms with van der Waals surface area (Å²) >= 11 is 0. The second kappa shape index (κ2) is 10.5. The second-order valence-electron chi connectivity index (χ2n) is 14.7. The molecule has 248 valence electrons. The summed E-state index contributed by atoms with van der Waals surface area (Å²) in [5, 5.41) is 11.9. The number of hydrogen-bond donors (Lipinski definition) is 0. The molecular formula is C49H33N3Si. The summed E-state index contributed by atoms with van der Waals surface area (Å²) in [6, 6.07) is 67.9. The molecule has 0 aromatic heterocycles. The van der Waals surface area contributed by atoms with E-state index in [2.05, 4.69) is 203 Å². The monoisotopic (exact) mass is 691 g/mol. The van der Waals surface area contributed by atoms with Gasteiger partial charge in [-0.15, -0.1) is 0 Å². The molecule has 9 aromatic rings. The van der Waals surface area contributed by atoms with Gasteiger partial charge in [-0.3, -0.25) is 0 Å². The van der Waals surface area contributed by atoms with Gasteiger partial charge in [0.15, 0.2) is 8.07 Å². The van der Waals surface area contributed by atoms with Crippen LogP contribution in [0.5, 0.6) is 0 Å². The predicted molar refractivity (Wildman–Crippen MR) is 227 cm³/mol. The van der Waals surface area contributed by atoms with E-state index in [-0.39, 0.29) is 0 Å². The fraction of sp³-hybridized carbons (Fsp3) is 0.0204. The molecule has 53 heavy (non-hydrogen) atoms. The molecular weight excluding hydrogens is 659 g/mol. The lowest BCUT2D eigenvalue weighted by Crippen LogP contribution is -2.74. The summed E-state index contributed by atoms with van der Waals surface area (Å²) < 4.78 is 0. The van der Waals surface area contributed by atoms with E-state index in [1.54, 1.807) is 0 Å². The average Bonchev–Trinajstić information content (AvgIpc) is 3.21. The van der Waals surface area contributed by atoms with Crippen LogP contribution in [0.2, 0.25) is 6.55 Å². The van der Waals surface area contributed by atoms with E-state index in [1.807, 2.05) is 0 Å². The Kier molecular flexibility index (Phi) is 5.73. The zero-order valence-electron chi connectivity index (χ0n) is 29.2. The van der Waals surface area contributed by atoms with E-state index in [0.717, 1.165) is 0 Å². The highest BCUT2D eigenvalue weighted by Gasteiger charge is 2.55. The fourth-order valence-corrected chi connectivity index (χ4v) is 14.8. The van der Waals surface area contributed by atoms with E-state index < -0.39 is 8.07 Å². The van der Waals surface area contributed by atoms with Gasteiger partial charge in [0.2, 0.25) is 0 Å². The molecule has 0 atom stereocenters. The Morgan fingerprint density at radius 3 is 0.830 bits per heavy atom. The van der Waals surface area contributed by atoms with Crippen LogP contribution in [0.25, 0.3) is 32.3 Å². The van der Waals surface area contributed by atoms with Gasteiger partial charge in [-0.25, -0.2) is 0 Å². The van der Waals surface area contributed by atoms with Crippen LogP contribution in [-0.4, -0.2) is 8.07 Å². The van der Waals surface area contributed by atoms with E-state index in [9.17, 15) is 0 Å². The molecule has 0 unspecified atom stereocenters. The molecule has 0 N–H and O–H groups in total. The molecule has 0 bridgehead atoms. The van der Waals surface area contributed by atoms with Crippen molar-refractivity contribution in [3.63, 3.8) is 0 Å². The first-order valence-corrected chi connectivity index (χ1v) is 20.9. The van der Waals surface area contributed by atoms with Gasteiger partial charge in [-0.1, -0.05) is 116 Å². The van der Waals surface area contributed by atoms with Crippen molar-refractivity contribution < 1.29 is 0 Å². The van der Waals surface area contributed by atoms with Crippen LogP contribution >= 0.6 is 0 Å². The maximum Gasteiger partial charge on any atom is 0.161 e. The first-order chi connectivity index (χ1) is 26.2. The lowest BCUT2D eigenvalue weighted by Gasteiger charge is -2.54. The van der Waals surface area contributed by atoms with Crippen LogP contribution in [0.3, 0.4) is 0 Å². The van der Waals surface area contributed by atoms with E-state index in [4.69, 9.17) is 0 Å². The Morgan fingerprint density at radius 1 is 0.283 bits per heavy atom. The fourth-order valence-electron chi connectivity index (χ4n) is 9.79. The average molecular weight is 692 g/mol. The van der Waals surface area contributed by atoms with Crippen molar-refractivity contribution in [2.45, 2.75) is 6.55 Å². The van der Waals surface area contributed by atoms with Crippen molar-refractivity contribution in [3.8, 4) is 0 Å². The largest absolute Gasteiger partial charge is 0.311 e. The van der Waals surface area contributed by atoms with Gasteiger partial charge in [0.1, 0.15) is 0 Å². The molecule has 0 aliphatic carbocycles. The Hall–Kier alpha value is -6.62. The molecule has 0 fully saturated rings. The number of anilines is 9. The number of fused-ring (bicyclic) bond motifs is 3. The Bertz CT molecular complexity index is 2630. The van der Waals surface area contributed by atoms with Crippen LogP contribution in [0.15, 0.2) is 182 Å². The van der Waals surface area contributed by atoms with Crippen LogP contribution in [0.4, 0.5) is 51.2 Å². The number of hydrogen-bond acceptors (Lipinski definition) is 3. The predicted octanol–water partition coefficient (Wildman–Crippen LogP) is 11.6. The van der Waals surface area contributed by atoms with Crippen LogP contribution in [0.1, 0.15) is 0 Å². The van der Waals surface area contributed by atoms with E-state index >= 15 is 0 Å². The highest BCUT2D eigenvalue weighted by Crippen LogP contribution is 2.53. The SMILES string of the molecule is C[Si]12c3c4cccc3N(c3ccc5ccccc5c3)c3cccc(c31)N(c1ccc3ccccc3c1)c1cccc(c12)N4c1ccc2ccccc2c1. The molecule has 3 nitrogen and oxygen atoms in total. The van der Waals surface area contributed by atoms with Gasteiger partial charge >= 0.3 is 0 Å². The molecule has 0 saturated carbocycles. The summed E-state index contributed by atoms with van der Waals surface area (Å²) in [4.78, 5) is 7.65. The molecule has 3 aliphatic heterocycles. The standard InChI is InChI=1S/C49H33N3Si/c1-53-47-41-17-8-19-43(47)51(39-27-24-33-12-3-6-15-36(33)30-39)45-21-10-22-46(49(45)53)52(40-28-25-34-13-4-7-16-37(34)31-40)44-20-9-18-42(48(44)53)50(41)38-26-23-32-11-2-5-14-35(32)29-38/h2-31H,1H3. The minimum absolute atomic E-state index is 1.18. The lowest BCUT2D eigenvalue weighted by molar-refractivity contribution is 1.21. The zero-order valence-corrected chi connectivity index (χ0v) is 30.2. The maximum atomic E-state index is 2.62. The molecule has 0 spiro atoms. The minimum Gasteiger partial charge on any atom is -0.311 e. The van der Waals surface area contributed by atoms with Crippen LogP contribution in [-0.2, 0) is 0 Å². The van der Waals surface area contributed by atoms with Gasteiger partial charge in [0.05, 0.1) is 0 Å². The number of benzene rings is 9. The minimum atomic E-state index is -2.62. The molecule has 0 radical (unpaired) electrons. The Labute approximate surface area is 309 Å². The van der Waals surface area contributed by atoms with E-state index in [1.165, 1.54) is 99.1 Å².